The van der Waals surface area contributed by atoms with Gasteiger partial charge in [-0.2, -0.15) is 0 Å². The zero-order valence-corrected chi connectivity index (χ0v) is 12.1. The number of benzene rings is 1. The van der Waals surface area contributed by atoms with Crippen LogP contribution < -0.4 is 15.2 Å². The highest BCUT2D eigenvalue weighted by Crippen LogP contribution is 2.25. The van der Waals surface area contributed by atoms with Crippen LogP contribution in [0, 0.1) is 12.7 Å². The highest BCUT2D eigenvalue weighted by atomic mass is 32.2. The van der Waals surface area contributed by atoms with Gasteiger partial charge in [0.15, 0.2) is 11.6 Å². The summed E-state index contributed by atoms with van der Waals surface area (Å²) in [4.78, 5) is -0.0875. The first-order valence-electron chi connectivity index (χ1n) is 5.88. The van der Waals surface area contributed by atoms with Crippen molar-refractivity contribution < 1.29 is 17.5 Å². The summed E-state index contributed by atoms with van der Waals surface area (Å²) in [6.07, 6.45) is 0.511. The van der Waals surface area contributed by atoms with E-state index in [-0.39, 0.29) is 28.8 Å². The van der Waals surface area contributed by atoms with Crippen LogP contribution in [-0.2, 0) is 10.0 Å². The fourth-order valence-corrected chi connectivity index (χ4v) is 2.87. The summed E-state index contributed by atoms with van der Waals surface area (Å²) < 4.78 is 45.1. The van der Waals surface area contributed by atoms with Crippen molar-refractivity contribution in [1.29, 1.82) is 0 Å². The molecule has 0 saturated heterocycles. The Morgan fingerprint density at radius 2 is 2.11 bits per heavy atom. The van der Waals surface area contributed by atoms with Gasteiger partial charge in [-0.25, -0.2) is 17.5 Å². The molecule has 0 spiro atoms. The van der Waals surface area contributed by atoms with Crippen LogP contribution in [0.3, 0.4) is 0 Å². The Morgan fingerprint density at radius 3 is 2.63 bits per heavy atom. The molecular weight excluding hydrogens is 271 g/mol. The highest BCUT2D eigenvalue weighted by Gasteiger charge is 2.20. The molecule has 1 aromatic carbocycles. The fraction of sp³-hybridized carbons (Fsp3) is 0.500. The lowest BCUT2D eigenvalue weighted by molar-refractivity contribution is 0.384. The third-order valence-corrected chi connectivity index (χ3v) is 4.31. The van der Waals surface area contributed by atoms with Crippen molar-refractivity contribution in [2.75, 3.05) is 13.7 Å². The second-order valence-electron chi connectivity index (χ2n) is 4.37. The Morgan fingerprint density at radius 1 is 1.47 bits per heavy atom. The maximum atomic E-state index is 13.8. The van der Waals surface area contributed by atoms with Crippen LogP contribution in [0.5, 0.6) is 5.75 Å². The lowest BCUT2D eigenvalue weighted by Crippen LogP contribution is -2.29. The first kappa shape index (κ1) is 15.9. The number of nitrogens with one attached hydrogen (secondary N) is 1. The van der Waals surface area contributed by atoms with Gasteiger partial charge in [-0.3, -0.25) is 0 Å². The van der Waals surface area contributed by atoms with Crippen LogP contribution in [0.25, 0.3) is 0 Å². The van der Waals surface area contributed by atoms with E-state index in [1.54, 1.807) is 6.92 Å². The lowest BCUT2D eigenvalue weighted by atomic mass is 10.2. The van der Waals surface area contributed by atoms with Gasteiger partial charge < -0.3 is 10.5 Å². The van der Waals surface area contributed by atoms with Gasteiger partial charge in [0, 0.05) is 18.2 Å². The van der Waals surface area contributed by atoms with Crippen LogP contribution in [0.2, 0.25) is 0 Å². The normalized spacial score (nSPS) is 13.3. The first-order valence-corrected chi connectivity index (χ1v) is 7.36. The average molecular weight is 290 g/mol. The van der Waals surface area contributed by atoms with Crippen LogP contribution >= 0.6 is 0 Å². The van der Waals surface area contributed by atoms with E-state index in [2.05, 4.69) is 4.72 Å². The van der Waals surface area contributed by atoms with Crippen LogP contribution in [0.4, 0.5) is 4.39 Å². The predicted molar refractivity (Wildman–Crippen MR) is 71.1 cm³/mol. The Bertz CT molecular complexity index is 544. The zero-order chi connectivity index (χ0) is 14.6. The van der Waals surface area contributed by atoms with E-state index in [0.717, 1.165) is 0 Å². The molecule has 0 aromatic heterocycles. The average Bonchev–Trinajstić information content (AvgIpc) is 2.31. The number of nitrogens with two attached hydrogens (primary N) is 1. The monoisotopic (exact) mass is 290 g/mol. The number of methoxy groups -OCH3 is 1. The molecule has 0 aliphatic rings. The molecule has 1 rings (SSSR count). The van der Waals surface area contributed by atoms with Crippen molar-refractivity contribution in [3.63, 3.8) is 0 Å². The summed E-state index contributed by atoms with van der Waals surface area (Å²) in [5.41, 5.74) is 5.58. The molecule has 0 bridgehead atoms. The molecule has 1 unspecified atom stereocenters. The van der Waals surface area contributed by atoms with Crippen molar-refractivity contribution in [1.82, 2.24) is 4.72 Å². The number of hydrogen-bond acceptors (Lipinski definition) is 4. The minimum atomic E-state index is -3.74. The van der Waals surface area contributed by atoms with E-state index < -0.39 is 15.8 Å². The molecule has 0 aliphatic heterocycles. The summed E-state index contributed by atoms with van der Waals surface area (Å²) in [6, 6.07) is 2.52. The minimum absolute atomic E-state index is 0.0204. The molecule has 5 nitrogen and oxygen atoms in total. The summed E-state index contributed by atoms with van der Waals surface area (Å²) in [7, 11) is -2.41. The smallest absolute Gasteiger partial charge is 0.240 e. The van der Waals surface area contributed by atoms with E-state index in [1.165, 1.54) is 26.2 Å². The third-order valence-electron chi connectivity index (χ3n) is 2.70. The molecule has 19 heavy (non-hydrogen) atoms. The summed E-state index contributed by atoms with van der Waals surface area (Å²) in [5.74, 6) is -0.649. The number of halogens is 1. The fourth-order valence-electron chi connectivity index (χ4n) is 1.59. The van der Waals surface area contributed by atoms with E-state index >= 15 is 0 Å². The van der Waals surface area contributed by atoms with Gasteiger partial charge in [0.1, 0.15) is 0 Å². The zero-order valence-electron chi connectivity index (χ0n) is 11.2. The largest absolute Gasteiger partial charge is 0.494 e. The van der Waals surface area contributed by atoms with Gasteiger partial charge in [0.05, 0.1) is 12.0 Å². The Hall–Kier alpha value is -1.18. The van der Waals surface area contributed by atoms with Gasteiger partial charge in [-0.15, -0.1) is 0 Å². The molecule has 0 fully saturated rings. The first-order chi connectivity index (χ1) is 8.79. The summed E-state index contributed by atoms with van der Waals surface area (Å²) in [5, 5.41) is 0. The second kappa shape index (κ2) is 6.31. The standard InChI is InChI=1S/C12H19FN2O3S/c1-8(14)6-7-15-19(16,17)11-5-4-10(18-3)12(13)9(11)2/h4-5,8,15H,6-7,14H2,1-3H3. The van der Waals surface area contributed by atoms with Gasteiger partial charge in [0.25, 0.3) is 0 Å². The highest BCUT2D eigenvalue weighted by molar-refractivity contribution is 7.89. The quantitative estimate of drug-likeness (QED) is 0.823. The van der Waals surface area contributed by atoms with Crippen LogP contribution in [0.15, 0.2) is 17.0 Å². The van der Waals surface area contributed by atoms with Crippen molar-refractivity contribution in [3.8, 4) is 5.75 Å². The van der Waals surface area contributed by atoms with Gasteiger partial charge in [-0.05, 0) is 32.4 Å². The van der Waals surface area contributed by atoms with Crippen LogP contribution in [0.1, 0.15) is 18.9 Å². The Balaban J connectivity index is 2.99. The molecule has 1 atom stereocenters. The summed E-state index contributed by atoms with van der Waals surface area (Å²) in [6.45, 7) is 3.40. The summed E-state index contributed by atoms with van der Waals surface area (Å²) >= 11 is 0. The predicted octanol–water partition coefficient (Wildman–Crippen LogP) is 1.16. The molecule has 3 N–H and O–H groups in total. The van der Waals surface area contributed by atoms with E-state index in [9.17, 15) is 12.8 Å². The molecule has 0 aliphatic carbocycles. The van der Waals surface area contributed by atoms with Crippen molar-refractivity contribution in [2.45, 2.75) is 31.2 Å². The lowest BCUT2D eigenvalue weighted by Gasteiger charge is -2.12. The van der Waals surface area contributed by atoms with Gasteiger partial charge >= 0.3 is 0 Å². The molecular formula is C12H19FN2O3S. The molecule has 0 amide bonds. The maximum absolute atomic E-state index is 13.8. The number of hydrogen-bond donors (Lipinski definition) is 2. The molecule has 108 valence electrons. The number of ether oxygens (including phenoxy) is 1. The van der Waals surface area contributed by atoms with Crippen molar-refractivity contribution in [3.05, 3.63) is 23.5 Å². The third kappa shape index (κ3) is 3.89. The Kier molecular flexibility index (Phi) is 5.28. The van der Waals surface area contributed by atoms with Crippen LogP contribution in [-0.4, -0.2) is 28.1 Å². The second-order valence-corrected chi connectivity index (χ2v) is 6.10. The molecule has 0 saturated carbocycles. The molecule has 0 radical (unpaired) electrons. The van der Waals surface area contributed by atoms with E-state index in [0.29, 0.717) is 6.42 Å². The SMILES string of the molecule is COc1ccc(S(=O)(=O)NCCC(C)N)c(C)c1F. The van der Waals surface area contributed by atoms with Crippen molar-refractivity contribution in [2.24, 2.45) is 5.73 Å². The Labute approximate surface area is 113 Å². The molecule has 0 heterocycles. The van der Waals surface area contributed by atoms with Gasteiger partial charge in [0.2, 0.25) is 10.0 Å². The van der Waals surface area contributed by atoms with Crippen molar-refractivity contribution >= 4 is 10.0 Å². The maximum Gasteiger partial charge on any atom is 0.240 e. The number of rotatable bonds is 6. The van der Waals surface area contributed by atoms with Gasteiger partial charge in [-0.1, -0.05) is 0 Å². The molecule has 1 aromatic rings. The van der Waals surface area contributed by atoms with E-state index in [4.69, 9.17) is 10.5 Å². The topological polar surface area (TPSA) is 81.4 Å². The molecule has 7 heteroatoms. The minimum Gasteiger partial charge on any atom is -0.494 e. The number of sulfonamides is 1. The van der Waals surface area contributed by atoms with E-state index in [1.807, 2.05) is 0 Å².